The van der Waals surface area contributed by atoms with E-state index >= 15 is 0 Å². The Morgan fingerprint density at radius 2 is 2.47 bits per heavy atom. The predicted octanol–water partition coefficient (Wildman–Crippen LogP) is 1.78. The van der Waals surface area contributed by atoms with Crippen LogP contribution in [0.1, 0.15) is 22.9 Å². The van der Waals surface area contributed by atoms with E-state index in [4.69, 9.17) is 0 Å². The van der Waals surface area contributed by atoms with Crippen LogP contribution in [0.3, 0.4) is 0 Å². The number of fused-ring (bicyclic) bond motifs is 1. The molecule has 2 N–H and O–H groups in total. The van der Waals surface area contributed by atoms with Crippen LogP contribution in [0.5, 0.6) is 0 Å². The molecule has 0 bridgehead atoms. The van der Waals surface area contributed by atoms with E-state index in [0.717, 1.165) is 30.0 Å². The average molecular weight is 247 g/mol. The van der Waals surface area contributed by atoms with E-state index in [0.29, 0.717) is 10.6 Å². The Bertz CT molecular complexity index is 511. The van der Waals surface area contributed by atoms with Crippen LogP contribution >= 0.6 is 11.3 Å². The van der Waals surface area contributed by atoms with E-state index in [-0.39, 0.29) is 5.91 Å². The second-order valence-electron chi connectivity index (χ2n) is 3.74. The van der Waals surface area contributed by atoms with Crippen LogP contribution in [0.15, 0.2) is 12.2 Å². The molecule has 1 aliphatic rings. The van der Waals surface area contributed by atoms with Gasteiger partial charge < -0.3 is 10.6 Å². The van der Waals surface area contributed by atoms with Crippen molar-refractivity contribution in [2.45, 2.75) is 19.9 Å². The molecule has 1 amide bonds. The number of thiophene rings is 1. The fourth-order valence-electron chi connectivity index (χ4n) is 1.85. The summed E-state index contributed by atoms with van der Waals surface area (Å²) in [4.78, 5) is 12.6. The Morgan fingerprint density at radius 1 is 1.65 bits per heavy atom. The number of allylic oxidation sites excluding steroid dienone is 1. The normalized spacial score (nSPS) is 14.4. The zero-order valence-corrected chi connectivity index (χ0v) is 10.4. The van der Waals surface area contributed by atoms with Gasteiger partial charge in [-0.05, 0) is 31.5 Å². The lowest BCUT2D eigenvalue weighted by Gasteiger charge is -2.11. The average Bonchev–Trinajstić information content (AvgIpc) is 2.66. The maximum Gasteiger partial charge on any atom is 0.248 e. The first-order valence-electron chi connectivity index (χ1n) is 5.45. The molecule has 0 saturated heterocycles. The Morgan fingerprint density at radius 3 is 3.18 bits per heavy atom. The summed E-state index contributed by atoms with van der Waals surface area (Å²) in [6.07, 6.45) is 3.99. The fraction of sp³-hybridized carbons (Fsp3) is 0.333. The smallest absolute Gasteiger partial charge is 0.248 e. The number of nitrogens with zero attached hydrogens (tertiary/aromatic N) is 1. The minimum Gasteiger partial charge on any atom is -0.313 e. The molecule has 88 valence electrons. The van der Waals surface area contributed by atoms with Crippen molar-refractivity contribution in [2.24, 2.45) is 0 Å². The highest BCUT2D eigenvalue weighted by atomic mass is 32.1. The highest BCUT2D eigenvalue weighted by molar-refractivity contribution is 7.16. The van der Waals surface area contributed by atoms with Crippen molar-refractivity contribution in [3.05, 3.63) is 28.2 Å². The van der Waals surface area contributed by atoms with Gasteiger partial charge in [0.05, 0.1) is 5.56 Å². The Kier molecular flexibility index (Phi) is 3.57. The lowest BCUT2D eigenvalue weighted by atomic mass is 10.1. The molecule has 0 atom stereocenters. The van der Waals surface area contributed by atoms with Gasteiger partial charge in [-0.25, -0.2) is 0 Å². The molecule has 17 heavy (non-hydrogen) atoms. The molecule has 0 saturated carbocycles. The largest absolute Gasteiger partial charge is 0.313 e. The van der Waals surface area contributed by atoms with Gasteiger partial charge in [0.2, 0.25) is 5.91 Å². The molecule has 0 unspecified atom stereocenters. The van der Waals surface area contributed by atoms with E-state index in [1.165, 1.54) is 17.4 Å². The van der Waals surface area contributed by atoms with Crippen molar-refractivity contribution < 1.29 is 4.79 Å². The molecule has 1 aliphatic heterocycles. The molecular formula is C12H13N3OS. The predicted molar refractivity (Wildman–Crippen MR) is 67.9 cm³/mol. The second kappa shape index (κ2) is 5.13. The van der Waals surface area contributed by atoms with Crippen LogP contribution in [0, 0.1) is 11.3 Å². The van der Waals surface area contributed by atoms with Crippen molar-refractivity contribution in [1.82, 2.24) is 5.32 Å². The number of amides is 1. The van der Waals surface area contributed by atoms with Gasteiger partial charge in [-0.15, -0.1) is 11.3 Å². The van der Waals surface area contributed by atoms with Crippen LogP contribution in [0.4, 0.5) is 5.00 Å². The quantitative estimate of drug-likeness (QED) is 0.783. The van der Waals surface area contributed by atoms with Gasteiger partial charge in [-0.1, -0.05) is 6.08 Å². The van der Waals surface area contributed by atoms with E-state index in [2.05, 4.69) is 16.7 Å². The van der Waals surface area contributed by atoms with Gasteiger partial charge in [0.25, 0.3) is 0 Å². The van der Waals surface area contributed by atoms with E-state index in [9.17, 15) is 10.1 Å². The van der Waals surface area contributed by atoms with Crippen molar-refractivity contribution in [3.63, 3.8) is 0 Å². The second-order valence-corrected chi connectivity index (χ2v) is 4.84. The first-order chi connectivity index (χ1) is 8.26. The van der Waals surface area contributed by atoms with E-state index < -0.39 is 0 Å². The Labute approximate surface area is 104 Å². The summed E-state index contributed by atoms with van der Waals surface area (Å²) >= 11 is 1.49. The monoisotopic (exact) mass is 247 g/mol. The Balaban J connectivity index is 2.31. The first kappa shape index (κ1) is 11.8. The Hall–Kier alpha value is -1.64. The topological polar surface area (TPSA) is 64.9 Å². The van der Waals surface area contributed by atoms with Crippen LogP contribution in [0.25, 0.3) is 0 Å². The van der Waals surface area contributed by atoms with Gasteiger partial charge in [0, 0.05) is 11.4 Å². The van der Waals surface area contributed by atoms with E-state index in [1.807, 2.05) is 0 Å². The number of nitriles is 1. The van der Waals surface area contributed by atoms with Gasteiger partial charge in [0.15, 0.2) is 0 Å². The molecule has 0 aliphatic carbocycles. The first-order valence-corrected chi connectivity index (χ1v) is 6.27. The SMILES string of the molecule is C/C=C/C(=O)Nc1sc2c(c1C#N)CCNC2. The number of carbonyl (C=O) groups is 1. The molecule has 0 radical (unpaired) electrons. The number of hydrogen-bond acceptors (Lipinski definition) is 4. The molecule has 1 aromatic heterocycles. The molecule has 1 aromatic rings. The molecular weight excluding hydrogens is 234 g/mol. The summed E-state index contributed by atoms with van der Waals surface area (Å²) in [6, 6.07) is 2.20. The highest BCUT2D eigenvalue weighted by Crippen LogP contribution is 2.34. The van der Waals surface area contributed by atoms with Crippen molar-refractivity contribution in [1.29, 1.82) is 5.26 Å². The van der Waals surface area contributed by atoms with Crippen molar-refractivity contribution in [2.75, 3.05) is 11.9 Å². The van der Waals surface area contributed by atoms with Crippen LogP contribution in [-0.2, 0) is 17.8 Å². The maximum absolute atomic E-state index is 11.5. The standard InChI is InChI=1S/C12H13N3OS/c1-2-3-11(16)15-12-9(6-13)8-4-5-14-7-10(8)17-12/h2-3,14H,4-5,7H2,1H3,(H,15,16)/b3-2+. The van der Waals surface area contributed by atoms with E-state index in [1.54, 1.807) is 13.0 Å². The molecule has 5 heteroatoms. The van der Waals surface area contributed by atoms with Crippen LogP contribution in [-0.4, -0.2) is 12.5 Å². The van der Waals surface area contributed by atoms with Gasteiger partial charge in [-0.2, -0.15) is 5.26 Å². The molecule has 0 fully saturated rings. The number of hydrogen-bond donors (Lipinski definition) is 2. The molecule has 2 rings (SSSR count). The van der Waals surface area contributed by atoms with Crippen LogP contribution < -0.4 is 10.6 Å². The molecule has 0 aromatic carbocycles. The summed E-state index contributed by atoms with van der Waals surface area (Å²) in [5.74, 6) is -0.185. The fourth-order valence-corrected chi connectivity index (χ4v) is 3.02. The third kappa shape index (κ3) is 2.38. The van der Waals surface area contributed by atoms with Gasteiger partial charge >= 0.3 is 0 Å². The van der Waals surface area contributed by atoms with Crippen molar-refractivity contribution in [3.8, 4) is 6.07 Å². The zero-order chi connectivity index (χ0) is 12.3. The summed E-state index contributed by atoms with van der Waals surface area (Å²) in [7, 11) is 0. The highest BCUT2D eigenvalue weighted by Gasteiger charge is 2.20. The third-order valence-electron chi connectivity index (χ3n) is 2.59. The molecule has 2 heterocycles. The third-order valence-corrected chi connectivity index (χ3v) is 3.74. The summed E-state index contributed by atoms with van der Waals surface area (Å²) < 4.78 is 0. The number of carbonyl (C=O) groups excluding carboxylic acids is 1. The summed E-state index contributed by atoms with van der Waals surface area (Å²) in [5, 5.41) is 15.9. The maximum atomic E-state index is 11.5. The minimum absolute atomic E-state index is 0.185. The molecule has 0 spiro atoms. The van der Waals surface area contributed by atoms with Gasteiger partial charge in [0.1, 0.15) is 11.1 Å². The summed E-state index contributed by atoms with van der Waals surface area (Å²) in [6.45, 7) is 3.46. The lowest BCUT2D eigenvalue weighted by Crippen LogP contribution is -2.22. The van der Waals surface area contributed by atoms with Gasteiger partial charge in [-0.3, -0.25) is 4.79 Å². The minimum atomic E-state index is -0.185. The van der Waals surface area contributed by atoms with Crippen LogP contribution in [0.2, 0.25) is 0 Å². The van der Waals surface area contributed by atoms with Crippen molar-refractivity contribution >= 4 is 22.2 Å². The summed E-state index contributed by atoms with van der Waals surface area (Å²) in [5.41, 5.74) is 1.72. The number of anilines is 1. The zero-order valence-electron chi connectivity index (χ0n) is 9.54. The number of nitrogens with one attached hydrogen (secondary N) is 2. The lowest BCUT2D eigenvalue weighted by molar-refractivity contribution is -0.111. The molecule has 4 nitrogen and oxygen atoms in total. The number of rotatable bonds is 2.